The Hall–Kier alpha value is -1.81. The second kappa shape index (κ2) is 6.36. The van der Waals surface area contributed by atoms with Crippen molar-refractivity contribution in [2.45, 2.75) is 46.3 Å². The summed E-state index contributed by atoms with van der Waals surface area (Å²) in [5.41, 5.74) is 5.40. The number of aryl methyl sites for hydroxylation is 1. The molecule has 23 heavy (non-hydrogen) atoms. The molecule has 2 heterocycles. The number of nitrogens with zero attached hydrogens (tertiary/aromatic N) is 2. The Morgan fingerprint density at radius 3 is 2.65 bits per heavy atom. The minimum absolute atomic E-state index is 0.114. The van der Waals surface area contributed by atoms with Crippen LogP contribution in [-0.4, -0.2) is 29.6 Å². The second-order valence-corrected chi connectivity index (χ2v) is 6.79. The van der Waals surface area contributed by atoms with Gasteiger partial charge >= 0.3 is 5.97 Å². The van der Waals surface area contributed by atoms with E-state index in [0.717, 1.165) is 32.5 Å². The molecule has 0 bridgehead atoms. The van der Waals surface area contributed by atoms with Gasteiger partial charge in [0.1, 0.15) is 0 Å². The van der Waals surface area contributed by atoms with Gasteiger partial charge in [-0.15, -0.1) is 0 Å². The van der Waals surface area contributed by atoms with Gasteiger partial charge in [0, 0.05) is 36.7 Å². The molecule has 0 aliphatic carbocycles. The molecule has 2 aromatic rings. The van der Waals surface area contributed by atoms with Gasteiger partial charge < -0.3 is 9.30 Å². The lowest BCUT2D eigenvalue weighted by Gasteiger charge is -2.08. The number of aromatic nitrogens is 1. The van der Waals surface area contributed by atoms with Crippen LogP contribution in [0.2, 0.25) is 0 Å². The van der Waals surface area contributed by atoms with Crippen LogP contribution in [0.25, 0.3) is 10.9 Å². The number of hydrogen-bond acceptors (Lipinski definition) is 3. The van der Waals surface area contributed by atoms with Gasteiger partial charge in [-0.05, 0) is 48.7 Å². The highest BCUT2D eigenvalue weighted by Crippen LogP contribution is 2.31. The largest absolute Gasteiger partial charge is 0.469 e. The molecule has 0 amide bonds. The van der Waals surface area contributed by atoms with Crippen LogP contribution in [0.4, 0.5) is 0 Å². The molecule has 0 spiro atoms. The fourth-order valence-corrected chi connectivity index (χ4v) is 3.63. The molecule has 1 aliphatic heterocycles. The molecule has 1 atom stereocenters. The van der Waals surface area contributed by atoms with Gasteiger partial charge in [0.25, 0.3) is 0 Å². The fraction of sp³-hybridized carbons (Fsp3) is 0.526. The number of carbonyl (C=O) groups is 1. The van der Waals surface area contributed by atoms with Crippen LogP contribution >= 0.6 is 0 Å². The fourth-order valence-electron chi connectivity index (χ4n) is 3.63. The third kappa shape index (κ3) is 3.00. The Morgan fingerprint density at radius 1 is 1.30 bits per heavy atom. The normalized spacial score (nSPS) is 15.8. The Balaban J connectivity index is 2.04. The minimum atomic E-state index is -0.137. The average molecular weight is 314 g/mol. The van der Waals surface area contributed by atoms with Crippen LogP contribution in [0.3, 0.4) is 0 Å². The zero-order valence-corrected chi connectivity index (χ0v) is 14.6. The third-order valence-electron chi connectivity index (χ3n) is 4.76. The van der Waals surface area contributed by atoms with E-state index in [1.54, 1.807) is 0 Å². The molecule has 0 fully saturated rings. The summed E-state index contributed by atoms with van der Waals surface area (Å²) in [6.07, 6.45) is 4.06. The van der Waals surface area contributed by atoms with E-state index >= 15 is 0 Å². The van der Waals surface area contributed by atoms with Crippen molar-refractivity contribution in [2.24, 2.45) is 5.92 Å². The Kier molecular flexibility index (Phi) is 4.44. The summed E-state index contributed by atoms with van der Waals surface area (Å²) in [4.78, 5) is 14.1. The third-order valence-corrected chi connectivity index (χ3v) is 4.76. The predicted molar refractivity (Wildman–Crippen MR) is 92.3 cm³/mol. The Bertz CT molecular complexity index is 733. The molecule has 1 unspecified atom stereocenters. The maximum atomic E-state index is 11.8. The molecule has 124 valence electrons. The number of carbonyl (C=O) groups excluding carboxylic acids is 1. The number of benzene rings is 1. The molecule has 3 rings (SSSR count). The van der Waals surface area contributed by atoms with E-state index in [9.17, 15) is 4.79 Å². The van der Waals surface area contributed by atoms with E-state index in [-0.39, 0.29) is 11.9 Å². The molecule has 0 saturated carbocycles. The highest BCUT2D eigenvalue weighted by molar-refractivity contribution is 5.86. The number of rotatable bonds is 5. The smallest absolute Gasteiger partial charge is 0.308 e. The lowest BCUT2D eigenvalue weighted by Crippen LogP contribution is -2.14. The first-order chi connectivity index (χ1) is 11.0. The van der Waals surface area contributed by atoms with E-state index in [1.165, 1.54) is 34.7 Å². The molecule has 0 N–H and O–H groups in total. The van der Waals surface area contributed by atoms with Gasteiger partial charge in [-0.3, -0.25) is 9.69 Å². The summed E-state index contributed by atoms with van der Waals surface area (Å²) < 4.78 is 7.23. The predicted octanol–water partition coefficient (Wildman–Crippen LogP) is 3.35. The van der Waals surface area contributed by atoms with Gasteiger partial charge in [-0.1, -0.05) is 13.8 Å². The second-order valence-electron chi connectivity index (χ2n) is 6.79. The van der Waals surface area contributed by atoms with Crippen molar-refractivity contribution in [1.29, 1.82) is 0 Å². The molecule has 4 heteroatoms. The first-order valence-corrected chi connectivity index (χ1v) is 8.43. The molecule has 0 radical (unpaired) electrons. The van der Waals surface area contributed by atoms with E-state index < -0.39 is 0 Å². The number of ether oxygens (including phenoxy) is 1. The van der Waals surface area contributed by atoms with Crippen LogP contribution in [0.5, 0.6) is 0 Å². The maximum Gasteiger partial charge on any atom is 0.308 e. The Labute approximate surface area is 138 Å². The lowest BCUT2D eigenvalue weighted by molar-refractivity contribution is -0.144. The molecule has 0 saturated heterocycles. The quantitative estimate of drug-likeness (QED) is 0.794. The van der Waals surface area contributed by atoms with Crippen LogP contribution in [0, 0.1) is 5.92 Å². The van der Waals surface area contributed by atoms with Gasteiger partial charge in [-0.2, -0.15) is 0 Å². The van der Waals surface area contributed by atoms with Crippen molar-refractivity contribution in [3.8, 4) is 0 Å². The topological polar surface area (TPSA) is 34.5 Å². The Morgan fingerprint density at radius 2 is 2.00 bits per heavy atom. The van der Waals surface area contributed by atoms with Crippen LogP contribution in [0.1, 0.15) is 37.0 Å². The molecule has 1 aromatic heterocycles. The zero-order chi connectivity index (χ0) is 16.6. The molecular weight excluding hydrogens is 288 g/mol. The number of esters is 1. The van der Waals surface area contributed by atoms with Crippen molar-refractivity contribution in [1.82, 2.24) is 9.47 Å². The highest BCUT2D eigenvalue weighted by atomic mass is 16.5. The molecule has 1 aliphatic rings. The summed E-state index contributed by atoms with van der Waals surface area (Å²) >= 11 is 0. The summed E-state index contributed by atoms with van der Waals surface area (Å²) in [5, 5.41) is 1.29. The SMILES string of the molecule is CCCn1cc(CC(C)C(=O)OC)c2cc3c(cc21)CN(C)C3. The van der Waals surface area contributed by atoms with Gasteiger partial charge in [0.2, 0.25) is 0 Å². The van der Waals surface area contributed by atoms with Crippen molar-refractivity contribution in [3.05, 3.63) is 35.0 Å². The van der Waals surface area contributed by atoms with Gasteiger partial charge in [-0.25, -0.2) is 0 Å². The van der Waals surface area contributed by atoms with Crippen molar-refractivity contribution >= 4 is 16.9 Å². The number of fused-ring (bicyclic) bond motifs is 2. The van der Waals surface area contributed by atoms with Crippen LogP contribution in [0.15, 0.2) is 18.3 Å². The van der Waals surface area contributed by atoms with E-state index in [4.69, 9.17) is 4.74 Å². The van der Waals surface area contributed by atoms with Gasteiger partial charge in [0.05, 0.1) is 13.0 Å². The van der Waals surface area contributed by atoms with Crippen LogP contribution < -0.4 is 0 Å². The first kappa shape index (κ1) is 16.1. The van der Waals surface area contributed by atoms with Crippen molar-refractivity contribution < 1.29 is 9.53 Å². The van der Waals surface area contributed by atoms with Gasteiger partial charge in [0.15, 0.2) is 0 Å². The highest BCUT2D eigenvalue weighted by Gasteiger charge is 2.21. The molecule has 1 aromatic carbocycles. The van der Waals surface area contributed by atoms with E-state index in [2.05, 4.69) is 41.8 Å². The zero-order valence-electron chi connectivity index (χ0n) is 14.6. The van der Waals surface area contributed by atoms with Crippen LogP contribution in [-0.2, 0) is 35.6 Å². The van der Waals surface area contributed by atoms with Crippen molar-refractivity contribution in [2.75, 3.05) is 14.2 Å². The lowest BCUT2D eigenvalue weighted by atomic mass is 9.99. The first-order valence-electron chi connectivity index (χ1n) is 8.43. The summed E-state index contributed by atoms with van der Waals surface area (Å²) in [6, 6.07) is 4.68. The van der Waals surface area contributed by atoms with Crippen molar-refractivity contribution in [3.63, 3.8) is 0 Å². The van der Waals surface area contributed by atoms with E-state index in [0.29, 0.717) is 0 Å². The maximum absolute atomic E-state index is 11.8. The summed E-state index contributed by atoms with van der Waals surface area (Å²) in [5.74, 6) is -0.251. The number of methoxy groups -OCH3 is 1. The monoisotopic (exact) mass is 314 g/mol. The average Bonchev–Trinajstić information content (AvgIpc) is 3.04. The summed E-state index contributed by atoms with van der Waals surface area (Å²) in [6.45, 7) is 7.18. The summed E-state index contributed by atoms with van der Waals surface area (Å²) in [7, 11) is 3.62. The standard InChI is InChI=1S/C19H26N2O2/c1-5-6-21-12-16(7-13(2)19(22)23-4)17-8-14-10-20(3)11-15(14)9-18(17)21/h8-9,12-13H,5-7,10-11H2,1-4H3. The minimum Gasteiger partial charge on any atom is -0.469 e. The molecule has 4 nitrogen and oxygen atoms in total. The van der Waals surface area contributed by atoms with E-state index in [1.807, 2.05) is 6.92 Å². The molecular formula is C19H26N2O2. The number of hydrogen-bond donors (Lipinski definition) is 0.